The van der Waals surface area contributed by atoms with Gasteiger partial charge in [0.15, 0.2) is 5.69 Å². The minimum absolute atomic E-state index is 0.196. The number of rotatable bonds is 6. The summed E-state index contributed by atoms with van der Waals surface area (Å²) >= 11 is 0. The first-order valence-electron chi connectivity index (χ1n) is 6.05. The first kappa shape index (κ1) is 13.7. The van der Waals surface area contributed by atoms with E-state index >= 15 is 0 Å². The fraction of sp³-hybridized carbons (Fsp3) is 0.667. The van der Waals surface area contributed by atoms with Crippen molar-refractivity contribution in [2.24, 2.45) is 0 Å². The lowest BCUT2D eigenvalue weighted by molar-refractivity contribution is 0.0515. The van der Waals surface area contributed by atoms with E-state index in [1.165, 1.54) is 0 Å². The second-order valence-corrected chi connectivity index (χ2v) is 3.70. The van der Waals surface area contributed by atoms with Gasteiger partial charge in [-0.1, -0.05) is 6.92 Å². The third-order valence-electron chi connectivity index (χ3n) is 2.56. The van der Waals surface area contributed by atoms with Crippen molar-refractivity contribution in [3.63, 3.8) is 0 Å². The maximum absolute atomic E-state index is 11.7. The molecule has 0 aliphatic rings. The fourth-order valence-electron chi connectivity index (χ4n) is 1.85. The van der Waals surface area contributed by atoms with Crippen molar-refractivity contribution in [1.82, 2.24) is 9.55 Å². The van der Waals surface area contributed by atoms with Crippen molar-refractivity contribution in [2.75, 3.05) is 6.61 Å². The van der Waals surface area contributed by atoms with E-state index in [9.17, 15) is 9.90 Å². The van der Waals surface area contributed by atoms with Gasteiger partial charge in [0.1, 0.15) is 5.82 Å². The Kier molecular flexibility index (Phi) is 5.15. The number of ether oxygens (including phenoxy) is 1. The van der Waals surface area contributed by atoms with Crippen LogP contribution < -0.4 is 0 Å². The Morgan fingerprint density at radius 1 is 1.41 bits per heavy atom. The van der Waals surface area contributed by atoms with E-state index in [4.69, 9.17) is 4.74 Å². The molecule has 0 unspecified atom stereocenters. The molecule has 1 N–H and O–H groups in total. The Morgan fingerprint density at radius 3 is 2.59 bits per heavy atom. The fourth-order valence-corrected chi connectivity index (χ4v) is 1.85. The largest absolute Gasteiger partial charge is 0.461 e. The second kappa shape index (κ2) is 6.39. The molecule has 1 aromatic rings. The molecule has 0 aliphatic heterocycles. The van der Waals surface area contributed by atoms with Crippen molar-refractivity contribution < 1.29 is 14.6 Å². The minimum atomic E-state index is -0.457. The monoisotopic (exact) mass is 240 g/mol. The molecule has 0 bridgehead atoms. The van der Waals surface area contributed by atoms with Crippen LogP contribution in [0, 0.1) is 0 Å². The van der Waals surface area contributed by atoms with E-state index in [1.807, 2.05) is 11.5 Å². The van der Waals surface area contributed by atoms with Crippen LogP contribution in [0.2, 0.25) is 0 Å². The van der Waals surface area contributed by atoms with Gasteiger partial charge in [-0.05, 0) is 20.3 Å². The Balaban J connectivity index is 3.15. The average Bonchev–Trinajstić information content (AvgIpc) is 2.67. The summed E-state index contributed by atoms with van der Waals surface area (Å²) in [6.07, 6.45) is 1.74. The van der Waals surface area contributed by atoms with Crippen LogP contribution in [0.25, 0.3) is 0 Å². The lowest BCUT2D eigenvalue weighted by Gasteiger charge is -2.07. The standard InChI is InChI=1S/C12H20N2O3/c1-4-7-10-13-11(12(16)17-6-3)9(8-15)14(10)5-2/h15H,4-8H2,1-3H3. The second-order valence-electron chi connectivity index (χ2n) is 3.70. The average molecular weight is 240 g/mol. The van der Waals surface area contributed by atoms with Crippen LogP contribution in [0.1, 0.15) is 49.2 Å². The number of nitrogens with zero attached hydrogens (tertiary/aromatic N) is 2. The molecule has 17 heavy (non-hydrogen) atoms. The first-order chi connectivity index (χ1) is 8.19. The summed E-state index contributed by atoms with van der Waals surface area (Å²) in [5.74, 6) is 0.378. The van der Waals surface area contributed by atoms with Crippen molar-refractivity contribution in [1.29, 1.82) is 0 Å². The third-order valence-corrected chi connectivity index (χ3v) is 2.56. The Bertz CT molecular complexity index is 385. The number of aliphatic hydroxyl groups is 1. The normalized spacial score (nSPS) is 10.6. The molecule has 0 saturated heterocycles. The summed E-state index contributed by atoms with van der Waals surface area (Å²) in [7, 11) is 0. The van der Waals surface area contributed by atoms with Gasteiger partial charge in [-0.15, -0.1) is 0 Å². The van der Waals surface area contributed by atoms with Gasteiger partial charge in [0.25, 0.3) is 0 Å². The minimum Gasteiger partial charge on any atom is -0.461 e. The maximum Gasteiger partial charge on any atom is 0.358 e. The van der Waals surface area contributed by atoms with Crippen molar-refractivity contribution >= 4 is 5.97 Å². The van der Waals surface area contributed by atoms with E-state index in [1.54, 1.807) is 6.92 Å². The van der Waals surface area contributed by atoms with E-state index < -0.39 is 5.97 Å². The van der Waals surface area contributed by atoms with E-state index in [0.29, 0.717) is 18.8 Å². The van der Waals surface area contributed by atoms with Gasteiger partial charge >= 0.3 is 5.97 Å². The number of aryl methyl sites for hydroxylation is 1. The highest BCUT2D eigenvalue weighted by Crippen LogP contribution is 2.15. The van der Waals surface area contributed by atoms with E-state index in [0.717, 1.165) is 18.7 Å². The quantitative estimate of drug-likeness (QED) is 0.766. The Morgan fingerprint density at radius 2 is 2.12 bits per heavy atom. The summed E-state index contributed by atoms with van der Waals surface area (Å²) in [6, 6.07) is 0. The molecule has 1 rings (SSSR count). The number of imidazole rings is 1. The van der Waals surface area contributed by atoms with Crippen LogP contribution in [0.3, 0.4) is 0 Å². The predicted octanol–water partition coefficient (Wildman–Crippen LogP) is 1.52. The molecule has 0 radical (unpaired) electrons. The van der Waals surface area contributed by atoms with Crippen molar-refractivity contribution in [3.05, 3.63) is 17.2 Å². The topological polar surface area (TPSA) is 64.3 Å². The van der Waals surface area contributed by atoms with Crippen LogP contribution in [0.15, 0.2) is 0 Å². The van der Waals surface area contributed by atoms with Crippen LogP contribution >= 0.6 is 0 Å². The summed E-state index contributed by atoms with van der Waals surface area (Å²) in [6.45, 7) is 6.58. The molecule has 0 aromatic carbocycles. The molecule has 0 aliphatic carbocycles. The zero-order valence-electron chi connectivity index (χ0n) is 10.7. The van der Waals surface area contributed by atoms with Gasteiger partial charge in [-0.3, -0.25) is 0 Å². The Labute approximate surface area is 101 Å². The molecule has 0 saturated carbocycles. The van der Waals surface area contributed by atoms with E-state index in [2.05, 4.69) is 11.9 Å². The van der Waals surface area contributed by atoms with Gasteiger partial charge in [-0.25, -0.2) is 9.78 Å². The number of aliphatic hydroxyl groups excluding tert-OH is 1. The van der Waals surface area contributed by atoms with Crippen molar-refractivity contribution in [2.45, 2.75) is 46.8 Å². The molecule has 96 valence electrons. The molecule has 0 amide bonds. The number of hydrogen-bond donors (Lipinski definition) is 1. The molecule has 0 spiro atoms. The number of aromatic nitrogens is 2. The first-order valence-corrected chi connectivity index (χ1v) is 6.05. The molecule has 0 atom stereocenters. The molecular formula is C12H20N2O3. The highest BCUT2D eigenvalue weighted by molar-refractivity contribution is 5.88. The van der Waals surface area contributed by atoms with E-state index in [-0.39, 0.29) is 12.3 Å². The van der Waals surface area contributed by atoms with Crippen molar-refractivity contribution in [3.8, 4) is 0 Å². The van der Waals surface area contributed by atoms with Crippen LogP contribution in [0.4, 0.5) is 0 Å². The summed E-state index contributed by atoms with van der Waals surface area (Å²) in [5.41, 5.74) is 0.800. The number of esters is 1. The summed E-state index contributed by atoms with van der Waals surface area (Å²) < 4.78 is 6.82. The maximum atomic E-state index is 11.7. The summed E-state index contributed by atoms with van der Waals surface area (Å²) in [4.78, 5) is 16.0. The lowest BCUT2D eigenvalue weighted by atomic mass is 10.3. The molecule has 5 heteroatoms. The van der Waals surface area contributed by atoms with Gasteiger partial charge in [0.05, 0.1) is 18.9 Å². The zero-order valence-corrected chi connectivity index (χ0v) is 10.7. The zero-order chi connectivity index (χ0) is 12.8. The van der Waals surface area contributed by atoms with Crippen LogP contribution in [-0.4, -0.2) is 27.2 Å². The smallest absolute Gasteiger partial charge is 0.358 e. The molecule has 1 heterocycles. The van der Waals surface area contributed by atoms with Gasteiger partial charge in [0.2, 0.25) is 0 Å². The number of carbonyl (C=O) groups is 1. The van der Waals surface area contributed by atoms with Gasteiger partial charge in [-0.2, -0.15) is 0 Å². The van der Waals surface area contributed by atoms with Crippen LogP contribution in [0.5, 0.6) is 0 Å². The number of hydrogen-bond acceptors (Lipinski definition) is 4. The third kappa shape index (κ3) is 2.85. The molecular weight excluding hydrogens is 220 g/mol. The molecule has 1 aromatic heterocycles. The Hall–Kier alpha value is -1.36. The highest BCUT2D eigenvalue weighted by atomic mass is 16.5. The van der Waals surface area contributed by atoms with Gasteiger partial charge in [0, 0.05) is 13.0 Å². The molecule has 5 nitrogen and oxygen atoms in total. The predicted molar refractivity (Wildman–Crippen MR) is 63.8 cm³/mol. The van der Waals surface area contributed by atoms with Crippen LogP contribution in [-0.2, 0) is 24.3 Å². The lowest BCUT2D eigenvalue weighted by Crippen LogP contribution is -2.10. The van der Waals surface area contributed by atoms with Gasteiger partial charge < -0.3 is 14.4 Å². The summed E-state index contributed by atoms with van der Waals surface area (Å²) in [5, 5.41) is 9.36. The molecule has 0 fully saturated rings. The SMILES string of the molecule is CCCc1nc(C(=O)OCC)c(CO)n1CC. The number of carbonyl (C=O) groups excluding carboxylic acids is 1. The highest BCUT2D eigenvalue weighted by Gasteiger charge is 2.21.